The summed E-state index contributed by atoms with van der Waals surface area (Å²) in [6.07, 6.45) is 2.46. The Morgan fingerprint density at radius 2 is 1.73 bits per heavy atom. The number of amides is 1. The van der Waals surface area contributed by atoms with E-state index < -0.39 is 0 Å². The van der Waals surface area contributed by atoms with Gasteiger partial charge < -0.3 is 5.32 Å². The monoisotopic (exact) mass is 348 g/mol. The summed E-state index contributed by atoms with van der Waals surface area (Å²) in [4.78, 5) is 15.6. The molecule has 26 heavy (non-hydrogen) atoms. The molecule has 1 fully saturated rings. The maximum absolute atomic E-state index is 13.1. The van der Waals surface area contributed by atoms with Crippen LogP contribution in [-0.2, 0) is 0 Å². The van der Waals surface area contributed by atoms with Gasteiger partial charge in [-0.05, 0) is 63.9 Å². The molecule has 2 aromatic carbocycles. The Bertz CT molecular complexity index is 767. The normalized spacial score (nSPS) is 16.4. The molecule has 4 heteroatoms. The maximum Gasteiger partial charge on any atom is 0.252 e. The third-order valence-electron chi connectivity index (χ3n) is 5.89. The molecular formula is C22H29BN2O. The zero-order valence-corrected chi connectivity index (χ0v) is 16.4. The quantitative estimate of drug-likeness (QED) is 0.843. The second-order valence-corrected chi connectivity index (χ2v) is 7.91. The van der Waals surface area contributed by atoms with E-state index in [0.29, 0.717) is 0 Å². The number of benzene rings is 2. The molecule has 1 saturated heterocycles. The lowest BCUT2D eigenvalue weighted by atomic mass is 9.85. The highest BCUT2D eigenvalue weighted by Crippen LogP contribution is 2.34. The highest BCUT2D eigenvalue weighted by Gasteiger charge is 2.38. The van der Waals surface area contributed by atoms with Crippen LogP contribution >= 0.6 is 0 Å². The van der Waals surface area contributed by atoms with Crippen molar-refractivity contribution >= 4 is 19.2 Å². The molecule has 0 aliphatic carbocycles. The van der Waals surface area contributed by atoms with Gasteiger partial charge in [0.15, 0.2) is 0 Å². The molecule has 0 aromatic heterocycles. The highest BCUT2D eigenvalue weighted by atomic mass is 16.1. The Kier molecular flexibility index (Phi) is 5.52. The van der Waals surface area contributed by atoms with E-state index in [1.54, 1.807) is 0 Å². The number of nitrogens with one attached hydrogen (secondary N) is 1. The predicted molar refractivity (Wildman–Crippen MR) is 111 cm³/mol. The van der Waals surface area contributed by atoms with Gasteiger partial charge in [0.25, 0.3) is 5.91 Å². The highest BCUT2D eigenvalue weighted by molar-refractivity contribution is 6.33. The molecule has 0 saturated carbocycles. The van der Waals surface area contributed by atoms with Crippen LogP contribution in [0.2, 0.25) is 0 Å². The molecule has 1 atom stereocenters. The largest absolute Gasteiger partial charge is 0.343 e. The summed E-state index contributed by atoms with van der Waals surface area (Å²) in [6.45, 7) is 8.71. The summed E-state index contributed by atoms with van der Waals surface area (Å²) in [5.74, 6) is 0.00678. The lowest BCUT2D eigenvalue weighted by Gasteiger charge is -2.42. The number of carbonyl (C=O) groups is 1. The summed E-state index contributed by atoms with van der Waals surface area (Å²) in [7, 11) is 2.05. The predicted octanol–water partition coefficient (Wildman–Crippen LogP) is 2.60. The third kappa shape index (κ3) is 3.71. The molecule has 1 heterocycles. The van der Waals surface area contributed by atoms with Crippen LogP contribution in [0.1, 0.15) is 54.2 Å². The van der Waals surface area contributed by atoms with Crippen molar-refractivity contribution in [3.8, 4) is 0 Å². The minimum Gasteiger partial charge on any atom is -0.343 e. The van der Waals surface area contributed by atoms with Crippen molar-refractivity contribution in [2.75, 3.05) is 13.1 Å². The van der Waals surface area contributed by atoms with Crippen LogP contribution < -0.4 is 10.8 Å². The number of likely N-dealkylation sites (tertiary alicyclic amines) is 1. The van der Waals surface area contributed by atoms with Gasteiger partial charge in [-0.3, -0.25) is 9.69 Å². The number of carbonyl (C=O) groups excluding carboxylic acids is 1. The van der Waals surface area contributed by atoms with E-state index in [-0.39, 0.29) is 17.5 Å². The standard InChI is InChI=1S/C22H29BN2O/c1-16-18(12-9-13-19(16)23)21(26)24-20(17-10-5-4-6-11-17)22(2,3)25-14-7-8-15-25/h4-6,9-13,20H,7-8,14-15,23H2,1-3H3,(H,24,26). The summed E-state index contributed by atoms with van der Waals surface area (Å²) >= 11 is 0. The first-order valence-corrected chi connectivity index (χ1v) is 9.58. The van der Waals surface area contributed by atoms with Gasteiger partial charge in [0.2, 0.25) is 0 Å². The van der Waals surface area contributed by atoms with Gasteiger partial charge >= 0.3 is 0 Å². The van der Waals surface area contributed by atoms with E-state index in [2.05, 4.69) is 50.1 Å². The Labute approximate surface area is 158 Å². The van der Waals surface area contributed by atoms with Crippen molar-refractivity contribution < 1.29 is 4.79 Å². The fourth-order valence-corrected chi connectivity index (χ4v) is 4.00. The van der Waals surface area contributed by atoms with Gasteiger partial charge in [-0.15, -0.1) is 0 Å². The SMILES string of the molecule is Bc1cccc(C(=O)NC(c2ccccc2)C(C)(C)N2CCCC2)c1C. The van der Waals surface area contributed by atoms with E-state index in [1.807, 2.05) is 37.3 Å². The summed E-state index contributed by atoms with van der Waals surface area (Å²) in [6, 6.07) is 16.2. The summed E-state index contributed by atoms with van der Waals surface area (Å²) in [5.41, 5.74) is 3.97. The average Bonchev–Trinajstić information content (AvgIpc) is 3.18. The molecular weight excluding hydrogens is 319 g/mol. The maximum atomic E-state index is 13.1. The van der Waals surface area contributed by atoms with E-state index in [4.69, 9.17) is 0 Å². The fourth-order valence-electron chi connectivity index (χ4n) is 4.00. The molecule has 1 amide bonds. The lowest BCUT2D eigenvalue weighted by Crippen LogP contribution is -2.52. The van der Waals surface area contributed by atoms with E-state index in [1.165, 1.54) is 12.8 Å². The molecule has 1 aliphatic rings. The Morgan fingerprint density at radius 3 is 2.38 bits per heavy atom. The van der Waals surface area contributed by atoms with Crippen molar-refractivity contribution in [3.05, 3.63) is 65.2 Å². The van der Waals surface area contributed by atoms with Crippen LogP contribution in [0.25, 0.3) is 0 Å². The molecule has 3 nitrogen and oxygen atoms in total. The van der Waals surface area contributed by atoms with Gasteiger partial charge in [0.05, 0.1) is 6.04 Å². The molecule has 136 valence electrons. The first-order chi connectivity index (χ1) is 12.4. The van der Waals surface area contributed by atoms with Gasteiger partial charge in [-0.25, -0.2) is 0 Å². The zero-order chi connectivity index (χ0) is 18.7. The van der Waals surface area contributed by atoms with Crippen molar-refractivity contribution in [2.24, 2.45) is 0 Å². The van der Waals surface area contributed by atoms with Crippen LogP contribution in [0.15, 0.2) is 48.5 Å². The summed E-state index contributed by atoms with van der Waals surface area (Å²) < 4.78 is 0. The first-order valence-electron chi connectivity index (χ1n) is 9.58. The number of rotatable bonds is 5. The minimum absolute atomic E-state index is 0.00678. The summed E-state index contributed by atoms with van der Waals surface area (Å²) in [5, 5.41) is 3.35. The van der Waals surface area contributed by atoms with Crippen molar-refractivity contribution in [3.63, 3.8) is 0 Å². The van der Waals surface area contributed by atoms with Crippen molar-refractivity contribution in [1.82, 2.24) is 10.2 Å². The van der Waals surface area contributed by atoms with Crippen molar-refractivity contribution in [2.45, 2.75) is 45.2 Å². The third-order valence-corrected chi connectivity index (χ3v) is 5.89. The van der Waals surface area contributed by atoms with E-state index in [0.717, 1.165) is 35.2 Å². The molecule has 0 spiro atoms. The molecule has 2 aromatic rings. The van der Waals surface area contributed by atoms with Gasteiger partial charge in [-0.2, -0.15) is 0 Å². The topological polar surface area (TPSA) is 32.3 Å². The molecule has 0 bridgehead atoms. The number of hydrogen-bond acceptors (Lipinski definition) is 2. The zero-order valence-electron chi connectivity index (χ0n) is 16.4. The van der Waals surface area contributed by atoms with Crippen LogP contribution in [0, 0.1) is 6.92 Å². The lowest BCUT2D eigenvalue weighted by molar-refractivity contribution is 0.0778. The fraction of sp³-hybridized carbons (Fsp3) is 0.409. The second-order valence-electron chi connectivity index (χ2n) is 7.91. The van der Waals surface area contributed by atoms with Crippen molar-refractivity contribution in [1.29, 1.82) is 0 Å². The average molecular weight is 348 g/mol. The Balaban J connectivity index is 1.93. The minimum atomic E-state index is -0.148. The van der Waals surface area contributed by atoms with Gasteiger partial charge in [0, 0.05) is 11.1 Å². The molecule has 3 rings (SSSR count). The van der Waals surface area contributed by atoms with Crippen LogP contribution in [0.3, 0.4) is 0 Å². The first kappa shape index (κ1) is 18.7. The smallest absolute Gasteiger partial charge is 0.252 e. The van der Waals surface area contributed by atoms with Crippen LogP contribution in [0.4, 0.5) is 0 Å². The second kappa shape index (κ2) is 7.67. The van der Waals surface area contributed by atoms with Gasteiger partial charge in [-0.1, -0.05) is 47.9 Å². The van der Waals surface area contributed by atoms with Crippen LogP contribution in [-0.4, -0.2) is 37.3 Å². The molecule has 0 radical (unpaired) electrons. The van der Waals surface area contributed by atoms with E-state index in [9.17, 15) is 4.79 Å². The molecule has 1 aliphatic heterocycles. The van der Waals surface area contributed by atoms with Crippen LogP contribution in [0.5, 0.6) is 0 Å². The Morgan fingerprint density at radius 1 is 1.08 bits per heavy atom. The van der Waals surface area contributed by atoms with Gasteiger partial charge in [0.1, 0.15) is 7.85 Å². The number of nitrogens with zero attached hydrogens (tertiary/aromatic N) is 1. The number of hydrogen-bond donors (Lipinski definition) is 1. The van der Waals surface area contributed by atoms with E-state index >= 15 is 0 Å². The molecule has 1 N–H and O–H groups in total. The Hall–Kier alpha value is -2.07. The molecule has 1 unspecified atom stereocenters.